The van der Waals surface area contributed by atoms with E-state index in [0.717, 1.165) is 11.4 Å². The first-order valence-corrected chi connectivity index (χ1v) is 15.3. The predicted octanol–water partition coefficient (Wildman–Crippen LogP) is 3.25. The number of sulfonamides is 1. The summed E-state index contributed by atoms with van der Waals surface area (Å²) in [6.45, 7) is -2.09. The first-order valence-electron chi connectivity index (χ1n) is 13.8. The molecule has 10 nitrogen and oxygen atoms in total. The molecule has 0 heterocycles. The zero-order valence-corrected chi connectivity index (χ0v) is 25.2. The number of alkyl carbamates (subject to hydrolysis) is 1. The van der Waals surface area contributed by atoms with E-state index in [1.54, 1.807) is 60.7 Å². The van der Waals surface area contributed by atoms with E-state index in [2.05, 4.69) is 10.6 Å². The van der Waals surface area contributed by atoms with Crippen molar-refractivity contribution >= 4 is 22.0 Å². The highest BCUT2D eigenvalue weighted by atomic mass is 32.2. The molecule has 0 bridgehead atoms. The molecule has 0 fully saturated rings. The highest BCUT2D eigenvalue weighted by molar-refractivity contribution is 7.89. The minimum absolute atomic E-state index is 0.120. The van der Waals surface area contributed by atoms with Crippen LogP contribution in [-0.4, -0.2) is 80.3 Å². The quantitative estimate of drug-likeness (QED) is 0.201. The minimum Gasteiger partial charge on any atom is -0.453 e. The summed E-state index contributed by atoms with van der Waals surface area (Å²) in [5.74, 6) is -5.10. The van der Waals surface area contributed by atoms with Gasteiger partial charge in [-0.3, -0.25) is 4.79 Å². The Hall–Kier alpha value is -3.91. The van der Waals surface area contributed by atoms with E-state index in [4.69, 9.17) is 4.74 Å². The fourth-order valence-corrected chi connectivity index (χ4v) is 6.07. The van der Waals surface area contributed by atoms with E-state index in [9.17, 15) is 28.2 Å². The molecule has 0 saturated heterocycles. The average Bonchev–Trinajstić information content (AvgIpc) is 3.04. The number of carbonyl (C=O) groups is 2. The second-order valence-electron chi connectivity index (χ2n) is 10.2. The number of carbonyl (C=O) groups excluding carboxylic acids is 2. The lowest BCUT2D eigenvalue weighted by molar-refractivity contribution is -0.125. The Kier molecular flexibility index (Phi) is 12.3. The normalized spacial score (nSPS) is 13.4. The summed E-state index contributed by atoms with van der Waals surface area (Å²) in [7, 11) is -1.82. The molecule has 0 radical (unpaired) electrons. The Balaban J connectivity index is 1.74. The van der Waals surface area contributed by atoms with Crippen LogP contribution in [0.25, 0.3) is 0 Å². The number of hydrogen-bond acceptors (Lipinski definition) is 7. The monoisotopic (exact) mass is 633 g/mol. The molecule has 0 saturated carbocycles. The van der Waals surface area contributed by atoms with E-state index in [1.807, 2.05) is 0 Å². The number of halogens is 2. The Morgan fingerprint density at radius 3 is 1.95 bits per heavy atom. The van der Waals surface area contributed by atoms with E-state index in [0.29, 0.717) is 16.7 Å². The second kappa shape index (κ2) is 15.7. The zero-order valence-electron chi connectivity index (χ0n) is 24.4. The lowest BCUT2D eigenvalue weighted by atomic mass is 9.84. The van der Waals surface area contributed by atoms with E-state index in [1.165, 1.54) is 31.3 Å². The molecule has 0 spiro atoms. The molecule has 0 aromatic heterocycles. The number of amides is 2. The fourth-order valence-electron chi connectivity index (χ4n) is 4.69. The molecular formula is C31H37F2N3O7S. The van der Waals surface area contributed by atoms with Gasteiger partial charge in [-0.2, -0.15) is 4.31 Å². The third kappa shape index (κ3) is 9.05. The number of aliphatic hydroxyl groups is 2. The number of aliphatic hydroxyl groups excluding tert-OH is 2. The molecular weight excluding hydrogens is 596 g/mol. The molecule has 238 valence electrons. The van der Waals surface area contributed by atoms with Crippen molar-refractivity contribution in [2.24, 2.45) is 0 Å². The van der Waals surface area contributed by atoms with Gasteiger partial charge < -0.3 is 25.6 Å². The Morgan fingerprint density at radius 1 is 0.932 bits per heavy atom. The summed E-state index contributed by atoms with van der Waals surface area (Å²) in [4.78, 5) is 25.5. The molecule has 13 heteroatoms. The SMILES string of the molecule is COC(=O)N[C@H](C(=O)NCC(F)(F)CC[C@@H](CO)N(C)S(=O)(=O)c1ccc(CO)cc1)C(c1ccccc1)c1ccccc1. The lowest BCUT2D eigenvalue weighted by Crippen LogP contribution is -2.52. The number of alkyl halides is 2. The average molecular weight is 634 g/mol. The molecule has 3 aromatic rings. The summed E-state index contributed by atoms with van der Waals surface area (Å²) < 4.78 is 61.7. The van der Waals surface area contributed by atoms with Crippen molar-refractivity contribution in [2.75, 3.05) is 27.3 Å². The van der Waals surface area contributed by atoms with Gasteiger partial charge in [0.05, 0.1) is 31.8 Å². The number of likely N-dealkylation sites (N-methyl/N-ethyl adjacent to an activating group) is 1. The third-order valence-electron chi connectivity index (χ3n) is 7.26. The van der Waals surface area contributed by atoms with Crippen molar-refractivity contribution in [3.63, 3.8) is 0 Å². The number of hydrogen-bond donors (Lipinski definition) is 4. The van der Waals surface area contributed by atoms with Gasteiger partial charge in [0.25, 0.3) is 5.92 Å². The number of ether oxygens (including phenoxy) is 1. The molecule has 44 heavy (non-hydrogen) atoms. The molecule has 2 amide bonds. The van der Waals surface area contributed by atoms with Gasteiger partial charge in [0.2, 0.25) is 15.9 Å². The van der Waals surface area contributed by atoms with Crippen LogP contribution in [0.2, 0.25) is 0 Å². The highest BCUT2D eigenvalue weighted by Gasteiger charge is 2.37. The Labute approximate surface area is 255 Å². The van der Waals surface area contributed by atoms with Crippen LogP contribution in [0.4, 0.5) is 13.6 Å². The van der Waals surface area contributed by atoms with Gasteiger partial charge in [-0.15, -0.1) is 0 Å². The van der Waals surface area contributed by atoms with Crippen molar-refractivity contribution < 1.29 is 41.7 Å². The Morgan fingerprint density at radius 2 is 1.48 bits per heavy atom. The van der Waals surface area contributed by atoms with Crippen molar-refractivity contribution in [2.45, 2.75) is 48.3 Å². The smallest absolute Gasteiger partial charge is 0.407 e. The van der Waals surface area contributed by atoms with Crippen LogP contribution < -0.4 is 10.6 Å². The summed E-state index contributed by atoms with van der Waals surface area (Å²) in [5, 5.41) is 23.8. The van der Waals surface area contributed by atoms with Gasteiger partial charge in [0.15, 0.2) is 0 Å². The van der Waals surface area contributed by atoms with E-state index in [-0.39, 0.29) is 11.5 Å². The third-order valence-corrected chi connectivity index (χ3v) is 9.19. The number of methoxy groups -OCH3 is 1. The summed E-state index contributed by atoms with van der Waals surface area (Å²) in [6.07, 6.45) is -2.18. The minimum atomic E-state index is -4.13. The maximum absolute atomic E-state index is 15.1. The van der Waals surface area contributed by atoms with Crippen LogP contribution in [-0.2, 0) is 26.2 Å². The van der Waals surface area contributed by atoms with Crippen molar-refractivity contribution in [1.29, 1.82) is 0 Å². The maximum Gasteiger partial charge on any atom is 0.407 e. The summed E-state index contributed by atoms with van der Waals surface area (Å²) >= 11 is 0. The maximum atomic E-state index is 15.1. The first kappa shape index (κ1) is 34.6. The van der Waals surface area contributed by atoms with Crippen molar-refractivity contribution in [1.82, 2.24) is 14.9 Å². The molecule has 3 aromatic carbocycles. The van der Waals surface area contributed by atoms with Gasteiger partial charge in [-0.05, 0) is 35.2 Å². The molecule has 0 unspecified atom stereocenters. The molecule has 0 aliphatic heterocycles. The number of rotatable bonds is 15. The summed E-state index contributed by atoms with van der Waals surface area (Å²) in [6, 6.07) is 20.5. The zero-order chi connectivity index (χ0) is 32.3. The molecule has 4 N–H and O–H groups in total. The van der Waals surface area contributed by atoms with Crippen LogP contribution >= 0.6 is 0 Å². The molecule has 0 aliphatic rings. The van der Waals surface area contributed by atoms with Gasteiger partial charge in [0, 0.05) is 25.4 Å². The van der Waals surface area contributed by atoms with Crippen LogP contribution in [0.1, 0.15) is 35.4 Å². The Bertz CT molecular complexity index is 1420. The first-order chi connectivity index (χ1) is 20.9. The van der Waals surface area contributed by atoms with Crippen molar-refractivity contribution in [3.05, 3.63) is 102 Å². The van der Waals surface area contributed by atoms with Gasteiger partial charge in [0.1, 0.15) is 6.04 Å². The molecule has 2 atom stereocenters. The number of benzene rings is 3. The molecule has 0 aliphatic carbocycles. The number of nitrogens with zero attached hydrogens (tertiary/aromatic N) is 1. The van der Waals surface area contributed by atoms with E-state index >= 15 is 8.78 Å². The van der Waals surface area contributed by atoms with Gasteiger partial charge in [-0.1, -0.05) is 72.8 Å². The standard InChI is InChI=1S/C31H37F2N3O7S/c1-36(44(41,42)26-15-13-22(19-37)14-16-26)25(20-38)17-18-31(32,33)21-34-29(39)28(35-30(40)43-2)27(23-9-5-3-6-10-23)24-11-7-4-8-12-24/h3-16,25,27-28,37-38H,17-21H2,1-2H3,(H,34,39)(H,35,40)/t25-,28-/m0/s1. The number of nitrogens with one attached hydrogen (secondary N) is 2. The second-order valence-corrected chi connectivity index (χ2v) is 12.2. The topological polar surface area (TPSA) is 145 Å². The van der Waals surface area contributed by atoms with Crippen LogP contribution in [0.3, 0.4) is 0 Å². The van der Waals surface area contributed by atoms with Gasteiger partial charge in [-0.25, -0.2) is 22.0 Å². The molecule has 3 rings (SSSR count). The van der Waals surface area contributed by atoms with Crippen LogP contribution in [0, 0.1) is 0 Å². The highest BCUT2D eigenvalue weighted by Crippen LogP contribution is 2.29. The predicted molar refractivity (Wildman–Crippen MR) is 159 cm³/mol. The van der Waals surface area contributed by atoms with Crippen LogP contribution in [0.15, 0.2) is 89.8 Å². The fraction of sp³-hybridized carbons (Fsp3) is 0.355. The van der Waals surface area contributed by atoms with Gasteiger partial charge >= 0.3 is 6.09 Å². The van der Waals surface area contributed by atoms with Crippen molar-refractivity contribution in [3.8, 4) is 0 Å². The summed E-state index contributed by atoms with van der Waals surface area (Å²) in [5.41, 5.74) is 1.81. The van der Waals surface area contributed by atoms with E-state index < -0.39 is 71.9 Å². The lowest BCUT2D eigenvalue weighted by Gasteiger charge is -2.29. The largest absolute Gasteiger partial charge is 0.453 e. The van der Waals surface area contributed by atoms with Crippen LogP contribution in [0.5, 0.6) is 0 Å².